The summed E-state index contributed by atoms with van der Waals surface area (Å²) in [6.07, 6.45) is 5.61. The SMILES string of the molecule is CO[C@H]1CC2(CC2)CC(C)O1. The Labute approximate surface area is 67.9 Å². The second kappa shape index (κ2) is 2.46. The summed E-state index contributed by atoms with van der Waals surface area (Å²) in [4.78, 5) is 0. The van der Waals surface area contributed by atoms with E-state index >= 15 is 0 Å². The first-order valence-corrected chi connectivity index (χ1v) is 4.42. The molecule has 2 fully saturated rings. The maximum Gasteiger partial charge on any atom is 0.158 e. The van der Waals surface area contributed by atoms with Crippen LogP contribution in [0.3, 0.4) is 0 Å². The molecule has 1 spiro atoms. The normalized spacial score (nSPS) is 40.9. The van der Waals surface area contributed by atoms with Crippen LogP contribution in [0.15, 0.2) is 0 Å². The molecule has 2 atom stereocenters. The van der Waals surface area contributed by atoms with Crippen LogP contribution in [-0.4, -0.2) is 19.5 Å². The molecule has 11 heavy (non-hydrogen) atoms. The van der Waals surface area contributed by atoms with Crippen LogP contribution >= 0.6 is 0 Å². The van der Waals surface area contributed by atoms with Gasteiger partial charge in [-0.05, 0) is 31.6 Å². The van der Waals surface area contributed by atoms with Gasteiger partial charge in [0.05, 0.1) is 6.10 Å². The largest absolute Gasteiger partial charge is 0.356 e. The molecule has 1 heterocycles. The average Bonchev–Trinajstić information content (AvgIpc) is 2.67. The summed E-state index contributed by atoms with van der Waals surface area (Å²) in [6, 6.07) is 0. The number of hydrogen-bond acceptors (Lipinski definition) is 2. The van der Waals surface area contributed by atoms with Gasteiger partial charge in [0.1, 0.15) is 0 Å². The lowest BCUT2D eigenvalue weighted by atomic mass is 9.92. The van der Waals surface area contributed by atoms with Gasteiger partial charge in [0.2, 0.25) is 0 Å². The van der Waals surface area contributed by atoms with Gasteiger partial charge >= 0.3 is 0 Å². The fourth-order valence-electron chi connectivity index (χ4n) is 2.13. The highest BCUT2D eigenvalue weighted by Gasteiger charge is 2.48. The van der Waals surface area contributed by atoms with E-state index in [1.807, 2.05) is 0 Å². The Morgan fingerprint density at radius 2 is 2.09 bits per heavy atom. The molecule has 0 bridgehead atoms. The van der Waals surface area contributed by atoms with Crippen molar-refractivity contribution in [2.45, 2.75) is 45.0 Å². The minimum Gasteiger partial charge on any atom is -0.356 e. The molecule has 1 saturated carbocycles. The number of rotatable bonds is 1. The van der Waals surface area contributed by atoms with Gasteiger partial charge in [0.25, 0.3) is 0 Å². The van der Waals surface area contributed by atoms with Gasteiger partial charge in [-0.2, -0.15) is 0 Å². The Morgan fingerprint density at radius 3 is 2.64 bits per heavy atom. The van der Waals surface area contributed by atoms with Gasteiger partial charge in [-0.25, -0.2) is 0 Å². The maximum atomic E-state index is 5.59. The van der Waals surface area contributed by atoms with Gasteiger partial charge < -0.3 is 9.47 Å². The van der Waals surface area contributed by atoms with E-state index in [-0.39, 0.29) is 6.29 Å². The molecular formula is C9H16O2. The summed E-state index contributed by atoms with van der Waals surface area (Å²) >= 11 is 0. The number of hydrogen-bond donors (Lipinski definition) is 0. The van der Waals surface area contributed by atoms with Crippen LogP contribution in [0.25, 0.3) is 0 Å². The highest BCUT2D eigenvalue weighted by Crippen LogP contribution is 2.56. The summed E-state index contributed by atoms with van der Waals surface area (Å²) < 4.78 is 10.8. The molecule has 1 unspecified atom stereocenters. The molecule has 64 valence electrons. The average molecular weight is 156 g/mol. The summed E-state index contributed by atoms with van der Waals surface area (Å²) in [7, 11) is 1.73. The van der Waals surface area contributed by atoms with Crippen molar-refractivity contribution in [2.24, 2.45) is 5.41 Å². The minimum atomic E-state index is 0.0706. The van der Waals surface area contributed by atoms with Crippen molar-refractivity contribution in [3.63, 3.8) is 0 Å². The second-order valence-electron chi connectivity index (χ2n) is 4.02. The summed E-state index contributed by atoms with van der Waals surface area (Å²) in [5.74, 6) is 0. The van der Waals surface area contributed by atoms with Gasteiger partial charge in [-0.15, -0.1) is 0 Å². The van der Waals surface area contributed by atoms with Crippen molar-refractivity contribution in [1.82, 2.24) is 0 Å². The summed E-state index contributed by atoms with van der Waals surface area (Å²) in [5.41, 5.74) is 0.623. The molecule has 1 aliphatic heterocycles. The Balaban J connectivity index is 1.97. The number of methoxy groups -OCH3 is 1. The molecule has 0 N–H and O–H groups in total. The smallest absolute Gasteiger partial charge is 0.158 e. The molecule has 0 radical (unpaired) electrons. The van der Waals surface area contributed by atoms with Crippen LogP contribution in [0.4, 0.5) is 0 Å². The minimum absolute atomic E-state index is 0.0706. The molecule has 2 nitrogen and oxygen atoms in total. The third kappa shape index (κ3) is 1.42. The van der Waals surface area contributed by atoms with Crippen molar-refractivity contribution in [1.29, 1.82) is 0 Å². The third-order valence-electron chi connectivity index (χ3n) is 2.92. The van der Waals surface area contributed by atoms with Crippen LogP contribution in [0, 0.1) is 5.41 Å². The first-order valence-electron chi connectivity index (χ1n) is 4.42. The molecule has 1 saturated heterocycles. The molecular weight excluding hydrogens is 140 g/mol. The Bertz CT molecular complexity index is 152. The van der Waals surface area contributed by atoms with E-state index in [1.54, 1.807) is 7.11 Å². The van der Waals surface area contributed by atoms with E-state index in [4.69, 9.17) is 9.47 Å². The van der Waals surface area contributed by atoms with Crippen molar-refractivity contribution in [3.05, 3.63) is 0 Å². The quantitative estimate of drug-likeness (QED) is 0.577. The van der Waals surface area contributed by atoms with Crippen LogP contribution in [0.1, 0.15) is 32.6 Å². The third-order valence-corrected chi connectivity index (χ3v) is 2.92. The maximum absolute atomic E-state index is 5.59. The lowest BCUT2D eigenvalue weighted by Gasteiger charge is -2.32. The van der Waals surface area contributed by atoms with Crippen LogP contribution in [0.2, 0.25) is 0 Å². The standard InChI is InChI=1S/C9H16O2/c1-7-5-9(3-4-9)6-8(10-2)11-7/h7-8H,3-6H2,1-2H3/t7?,8-/m1/s1. The summed E-state index contributed by atoms with van der Waals surface area (Å²) in [5, 5.41) is 0. The van der Waals surface area contributed by atoms with Gasteiger partial charge in [-0.1, -0.05) is 0 Å². The molecule has 0 aromatic heterocycles. The van der Waals surface area contributed by atoms with Crippen molar-refractivity contribution in [3.8, 4) is 0 Å². The van der Waals surface area contributed by atoms with Crippen molar-refractivity contribution in [2.75, 3.05) is 7.11 Å². The van der Waals surface area contributed by atoms with E-state index in [9.17, 15) is 0 Å². The van der Waals surface area contributed by atoms with Crippen LogP contribution in [0.5, 0.6) is 0 Å². The highest BCUT2D eigenvalue weighted by atomic mass is 16.7. The molecule has 0 aromatic carbocycles. The Hall–Kier alpha value is -0.0800. The van der Waals surface area contributed by atoms with E-state index in [0.717, 1.165) is 6.42 Å². The van der Waals surface area contributed by atoms with Crippen molar-refractivity contribution >= 4 is 0 Å². The number of ether oxygens (including phenoxy) is 2. The zero-order valence-corrected chi connectivity index (χ0v) is 7.30. The molecule has 0 aromatic rings. The second-order valence-corrected chi connectivity index (χ2v) is 4.02. The van der Waals surface area contributed by atoms with E-state index in [0.29, 0.717) is 11.5 Å². The van der Waals surface area contributed by atoms with E-state index in [1.165, 1.54) is 19.3 Å². The first kappa shape index (κ1) is 7.56. The molecule has 2 rings (SSSR count). The lowest BCUT2D eigenvalue weighted by molar-refractivity contribution is -0.192. The Kier molecular flexibility index (Phi) is 1.69. The zero-order chi connectivity index (χ0) is 7.90. The molecule has 2 heteroatoms. The van der Waals surface area contributed by atoms with E-state index < -0.39 is 0 Å². The predicted molar refractivity (Wildman–Crippen MR) is 42.2 cm³/mol. The molecule has 2 aliphatic rings. The zero-order valence-electron chi connectivity index (χ0n) is 7.30. The van der Waals surface area contributed by atoms with Crippen molar-refractivity contribution < 1.29 is 9.47 Å². The molecule has 1 aliphatic carbocycles. The topological polar surface area (TPSA) is 18.5 Å². The Morgan fingerprint density at radius 1 is 1.36 bits per heavy atom. The first-order chi connectivity index (χ1) is 5.24. The van der Waals surface area contributed by atoms with E-state index in [2.05, 4.69) is 6.92 Å². The fourth-order valence-corrected chi connectivity index (χ4v) is 2.13. The predicted octanol–water partition coefficient (Wildman–Crippen LogP) is 1.94. The van der Waals surface area contributed by atoms with Gasteiger partial charge in [0.15, 0.2) is 6.29 Å². The fraction of sp³-hybridized carbons (Fsp3) is 1.00. The highest BCUT2D eigenvalue weighted by molar-refractivity contribution is 4.97. The van der Waals surface area contributed by atoms with Crippen LogP contribution < -0.4 is 0 Å². The van der Waals surface area contributed by atoms with Gasteiger partial charge in [-0.3, -0.25) is 0 Å². The summed E-state index contributed by atoms with van der Waals surface area (Å²) in [6.45, 7) is 2.14. The molecule has 0 amide bonds. The van der Waals surface area contributed by atoms with Gasteiger partial charge in [0, 0.05) is 13.5 Å². The monoisotopic (exact) mass is 156 g/mol. The van der Waals surface area contributed by atoms with Crippen LogP contribution in [-0.2, 0) is 9.47 Å². The lowest BCUT2D eigenvalue weighted by Crippen LogP contribution is -2.33.